The molecule has 17 heavy (non-hydrogen) atoms. The fourth-order valence-electron chi connectivity index (χ4n) is 2.07. The molecule has 96 valence electrons. The second-order valence-electron chi connectivity index (χ2n) is 3.96. The summed E-state index contributed by atoms with van der Waals surface area (Å²) in [5, 5.41) is -0.811. The van der Waals surface area contributed by atoms with Crippen LogP contribution in [0.5, 0.6) is 0 Å². The van der Waals surface area contributed by atoms with Crippen LogP contribution >= 0.6 is 0 Å². The minimum Gasteiger partial charge on any atom is -0.467 e. The molecule has 0 aromatic carbocycles. The van der Waals surface area contributed by atoms with Gasteiger partial charge in [0.2, 0.25) is 6.29 Å². The summed E-state index contributed by atoms with van der Waals surface area (Å²) in [7, 11) is -2.59. The van der Waals surface area contributed by atoms with Crippen LogP contribution in [0.25, 0.3) is 0 Å². The van der Waals surface area contributed by atoms with Crippen molar-refractivity contribution >= 4 is 15.8 Å². The summed E-state index contributed by atoms with van der Waals surface area (Å²) in [6, 6.07) is 0. The van der Waals surface area contributed by atoms with Gasteiger partial charge in [-0.25, -0.2) is 13.2 Å². The summed E-state index contributed by atoms with van der Waals surface area (Å²) >= 11 is 0. The second kappa shape index (κ2) is 4.30. The Morgan fingerprint density at radius 3 is 2.82 bits per heavy atom. The SMILES string of the molecule is COC(=O)C1=C(C)O[C@H]2OCCC[C@H]2S1(=O)=O. The van der Waals surface area contributed by atoms with Gasteiger partial charge in [0.05, 0.1) is 13.7 Å². The minimum atomic E-state index is -3.73. The fourth-order valence-corrected chi connectivity index (χ4v) is 4.04. The topological polar surface area (TPSA) is 78.9 Å². The maximum absolute atomic E-state index is 12.2. The van der Waals surface area contributed by atoms with Crippen molar-refractivity contribution in [3.63, 3.8) is 0 Å². The van der Waals surface area contributed by atoms with Gasteiger partial charge in [0.15, 0.2) is 14.7 Å². The predicted octanol–water partition coefficient (Wildman–Crippen LogP) is 0.341. The quantitative estimate of drug-likeness (QED) is 0.634. The molecule has 0 aromatic heterocycles. The number of rotatable bonds is 1. The van der Waals surface area contributed by atoms with Gasteiger partial charge in [-0.2, -0.15) is 0 Å². The van der Waals surface area contributed by atoms with Crippen molar-refractivity contribution in [3.8, 4) is 0 Å². The van der Waals surface area contributed by atoms with E-state index in [0.29, 0.717) is 19.4 Å². The van der Waals surface area contributed by atoms with Gasteiger partial charge in [-0.3, -0.25) is 0 Å². The highest BCUT2D eigenvalue weighted by atomic mass is 32.2. The Morgan fingerprint density at radius 2 is 2.18 bits per heavy atom. The zero-order valence-electron chi connectivity index (χ0n) is 9.63. The van der Waals surface area contributed by atoms with Crippen molar-refractivity contribution < 1.29 is 27.4 Å². The van der Waals surface area contributed by atoms with E-state index in [9.17, 15) is 13.2 Å². The van der Waals surface area contributed by atoms with Crippen LogP contribution in [-0.4, -0.2) is 39.6 Å². The molecule has 0 amide bonds. The summed E-state index contributed by atoms with van der Waals surface area (Å²) in [6.45, 7) is 1.90. The van der Waals surface area contributed by atoms with E-state index < -0.39 is 27.3 Å². The average molecular weight is 262 g/mol. The first-order chi connectivity index (χ1) is 7.98. The number of carbonyl (C=O) groups excluding carboxylic acids is 1. The number of hydrogen-bond donors (Lipinski definition) is 0. The summed E-state index contributed by atoms with van der Waals surface area (Å²) < 4.78 is 39.6. The molecule has 0 aromatic rings. The third kappa shape index (κ3) is 1.93. The largest absolute Gasteiger partial charge is 0.467 e. The first-order valence-electron chi connectivity index (χ1n) is 5.30. The first kappa shape index (κ1) is 12.4. The molecule has 1 fully saturated rings. The maximum Gasteiger partial charge on any atom is 0.353 e. The number of allylic oxidation sites excluding steroid dienone is 1. The summed E-state index contributed by atoms with van der Waals surface area (Å²) in [6.07, 6.45) is 0.264. The molecular formula is C10H14O6S. The van der Waals surface area contributed by atoms with Crippen LogP contribution < -0.4 is 0 Å². The van der Waals surface area contributed by atoms with Gasteiger partial charge in [-0.15, -0.1) is 0 Å². The highest BCUT2D eigenvalue weighted by Gasteiger charge is 2.48. The second-order valence-corrected chi connectivity index (χ2v) is 6.06. The zero-order valence-corrected chi connectivity index (χ0v) is 10.5. The van der Waals surface area contributed by atoms with Crippen LogP contribution in [0.2, 0.25) is 0 Å². The van der Waals surface area contributed by atoms with Crippen LogP contribution in [0.1, 0.15) is 19.8 Å². The minimum absolute atomic E-state index is 0.0417. The Kier molecular flexibility index (Phi) is 3.13. The number of sulfone groups is 1. The van der Waals surface area contributed by atoms with Gasteiger partial charge in [0.25, 0.3) is 0 Å². The number of hydrogen-bond acceptors (Lipinski definition) is 6. The molecule has 2 aliphatic heterocycles. The zero-order chi connectivity index (χ0) is 12.6. The molecule has 7 heteroatoms. The Labute approximate surface area is 99.5 Å². The van der Waals surface area contributed by atoms with Crippen molar-refractivity contribution in [1.29, 1.82) is 0 Å². The van der Waals surface area contributed by atoms with E-state index in [1.807, 2.05) is 0 Å². The van der Waals surface area contributed by atoms with Gasteiger partial charge in [0, 0.05) is 0 Å². The van der Waals surface area contributed by atoms with Crippen molar-refractivity contribution in [2.45, 2.75) is 31.3 Å². The van der Waals surface area contributed by atoms with Crippen LogP contribution in [0.3, 0.4) is 0 Å². The highest BCUT2D eigenvalue weighted by Crippen LogP contribution is 2.34. The van der Waals surface area contributed by atoms with Gasteiger partial charge in [0.1, 0.15) is 11.0 Å². The third-order valence-electron chi connectivity index (χ3n) is 2.89. The molecule has 0 radical (unpaired) electrons. The van der Waals surface area contributed by atoms with Gasteiger partial charge < -0.3 is 14.2 Å². The molecule has 0 bridgehead atoms. The molecule has 0 aliphatic carbocycles. The van der Waals surface area contributed by atoms with Crippen molar-refractivity contribution in [2.24, 2.45) is 0 Å². The van der Waals surface area contributed by atoms with E-state index in [2.05, 4.69) is 4.74 Å². The lowest BCUT2D eigenvalue weighted by Crippen LogP contribution is -2.46. The monoisotopic (exact) mass is 262 g/mol. The van der Waals surface area contributed by atoms with E-state index in [4.69, 9.17) is 9.47 Å². The van der Waals surface area contributed by atoms with E-state index >= 15 is 0 Å². The number of methoxy groups -OCH3 is 1. The number of esters is 1. The summed E-state index contributed by atoms with van der Waals surface area (Å²) in [5.74, 6) is -0.841. The molecule has 2 heterocycles. The lowest BCUT2D eigenvalue weighted by molar-refractivity contribution is -0.143. The molecule has 0 saturated carbocycles. The Morgan fingerprint density at radius 1 is 1.47 bits per heavy atom. The fraction of sp³-hybridized carbons (Fsp3) is 0.700. The smallest absolute Gasteiger partial charge is 0.353 e. The summed E-state index contributed by atoms with van der Waals surface area (Å²) in [4.78, 5) is 11.1. The number of ether oxygens (including phenoxy) is 3. The normalized spacial score (nSPS) is 31.4. The Bertz CT molecular complexity index is 463. The van der Waals surface area contributed by atoms with Gasteiger partial charge >= 0.3 is 5.97 Å². The van der Waals surface area contributed by atoms with Crippen LogP contribution in [0.15, 0.2) is 10.7 Å². The molecule has 2 aliphatic rings. The molecule has 1 saturated heterocycles. The third-order valence-corrected chi connectivity index (χ3v) is 5.16. The molecule has 0 N–H and O–H groups in total. The lowest BCUT2D eigenvalue weighted by atomic mass is 10.2. The molecule has 2 atom stereocenters. The van der Waals surface area contributed by atoms with Crippen molar-refractivity contribution in [1.82, 2.24) is 0 Å². The Balaban J connectivity index is 2.47. The average Bonchev–Trinajstić information content (AvgIpc) is 2.28. The molecule has 0 unspecified atom stereocenters. The molecule has 6 nitrogen and oxygen atoms in total. The van der Waals surface area contributed by atoms with Gasteiger partial charge in [-0.1, -0.05) is 0 Å². The predicted molar refractivity (Wildman–Crippen MR) is 57.5 cm³/mol. The van der Waals surface area contributed by atoms with E-state index in [-0.39, 0.29) is 10.7 Å². The number of carbonyl (C=O) groups is 1. The number of fused-ring (bicyclic) bond motifs is 1. The first-order valence-corrected chi connectivity index (χ1v) is 6.84. The standard InChI is InChI=1S/C10H14O6S/c1-6-8(9(11)14-2)17(12,13)7-4-3-5-15-10(7)16-6/h7,10H,3-5H2,1-2H3/t7-,10-/m1/s1. The molecule has 0 spiro atoms. The van der Waals surface area contributed by atoms with Crippen LogP contribution in [0.4, 0.5) is 0 Å². The van der Waals surface area contributed by atoms with Crippen LogP contribution in [-0.2, 0) is 28.8 Å². The van der Waals surface area contributed by atoms with Gasteiger partial charge in [-0.05, 0) is 19.8 Å². The maximum atomic E-state index is 12.2. The Hall–Kier alpha value is -1.08. The molecule has 2 rings (SSSR count). The summed E-state index contributed by atoms with van der Waals surface area (Å²) in [5.41, 5.74) is 0. The van der Waals surface area contributed by atoms with E-state index in [1.165, 1.54) is 6.92 Å². The van der Waals surface area contributed by atoms with Crippen molar-refractivity contribution in [2.75, 3.05) is 13.7 Å². The molecular weight excluding hydrogens is 248 g/mol. The van der Waals surface area contributed by atoms with Crippen molar-refractivity contribution in [3.05, 3.63) is 10.7 Å². The van der Waals surface area contributed by atoms with E-state index in [0.717, 1.165) is 7.11 Å². The highest BCUT2D eigenvalue weighted by molar-refractivity contribution is 7.96. The van der Waals surface area contributed by atoms with Crippen LogP contribution in [0, 0.1) is 0 Å². The lowest BCUT2D eigenvalue weighted by Gasteiger charge is -2.35. The van der Waals surface area contributed by atoms with E-state index in [1.54, 1.807) is 0 Å².